The van der Waals surface area contributed by atoms with E-state index in [0.29, 0.717) is 12.5 Å². The SMILES string of the molecule is CC(C)=CC(=O)OCCC(C)CCO. The highest BCUT2D eigenvalue weighted by Gasteiger charge is 2.03. The van der Waals surface area contributed by atoms with Crippen LogP contribution >= 0.6 is 0 Å². The predicted octanol–water partition coefficient (Wildman–Crippen LogP) is 1.90. The van der Waals surface area contributed by atoms with Crippen molar-refractivity contribution in [2.75, 3.05) is 13.2 Å². The molecule has 0 aromatic heterocycles. The lowest BCUT2D eigenvalue weighted by atomic mass is 10.1. The molecule has 14 heavy (non-hydrogen) atoms. The van der Waals surface area contributed by atoms with Crippen LogP contribution in [0.5, 0.6) is 0 Å². The first-order valence-electron chi connectivity index (χ1n) is 4.98. The Balaban J connectivity index is 3.54. The van der Waals surface area contributed by atoms with Crippen molar-refractivity contribution in [3.8, 4) is 0 Å². The van der Waals surface area contributed by atoms with Crippen LogP contribution in [0.25, 0.3) is 0 Å². The summed E-state index contributed by atoms with van der Waals surface area (Å²) >= 11 is 0. The summed E-state index contributed by atoms with van der Waals surface area (Å²) in [6.07, 6.45) is 3.06. The zero-order chi connectivity index (χ0) is 11.0. The Hall–Kier alpha value is -0.830. The first-order chi connectivity index (χ1) is 6.56. The third-order valence-corrected chi connectivity index (χ3v) is 1.88. The smallest absolute Gasteiger partial charge is 0.330 e. The van der Waals surface area contributed by atoms with Crippen molar-refractivity contribution in [2.45, 2.75) is 33.6 Å². The van der Waals surface area contributed by atoms with Crippen molar-refractivity contribution in [3.05, 3.63) is 11.6 Å². The maximum absolute atomic E-state index is 11.0. The minimum atomic E-state index is -0.277. The molecule has 0 amide bonds. The van der Waals surface area contributed by atoms with Gasteiger partial charge in [0.05, 0.1) is 6.61 Å². The molecular weight excluding hydrogens is 180 g/mol. The van der Waals surface area contributed by atoms with Crippen LogP contribution in [-0.4, -0.2) is 24.3 Å². The number of rotatable bonds is 6. The van der Waals surface area contributed by atoms with E-state index in [1.165, 1.54) is 6.08 Å². The second-order valence-corrected chi connectivity index (χ2v) is 3.80. The van der Waals surface area contributed by atoms with Crippen molar-refractivity contribution >= 4 is 5.97 Å². The molecule has 0 saturated heterocycles. The van der Waals surface area contributed by atoms with E-state index in [1.54, 1.807) is 0 Å². The molecule has 0 radical (unpaired) electrons. The van der Waals surface area contributed by atoms with E-state index in [2.05, 4.69) is 0 Å². The fourth-order valence-corrected chi connectivity index (χ4v) is 1.00. The Bertz CT molecular complexity index is 193. The van der Waals surface area contributed by atoms with Crippen LogP contribution in [-0.2, 0) is 9.53 Å². The Morgan fingerprint density at radius 2 is 2.07 bits per heavy atom. The van der Waals surface area contributed by atoms with Gasteiger partial charge in [-0.1, -0.05) is 12.5 Å². The number of aliphatic hydroxyl groups excluding tert-OH is 1. The van der Waals surface area contributed by atoms with Gasteiger partial charge in [-0.2, -0.15) is 0 Å². The van der Waals surface area contributed by atoms with Crippen LogP contribution in [0.4, 0.5) is 0 Å². The number of ether oxygens (including phenoxy) is 1. The van der Waals surface area contributed by atoms with E-state index in [1.807, 2.05) is 20.8 Å². The Labute approximate surface area is 85.8 Å². The van der Waals surface area contributed by atoms with Gasteiger partial charge in [-0.15, -0.1) is 0 Å². The molecule has 0 aliphatic carbocycles. The molecule has 0 aromatic rings. The van der Waals surface area contributed by atoms with Crippen LogP contribution < -0.4 is 0 Å². The van der Waals surface area contributed by atoms with Crippen molar-refractivity contribution in [3.63, 3.8) is 0 Å². The first kappa shape index (κ1) is 13.2. The molecule has 3 nitrogen and oxygen atoms in total. The van der Waals surface area contributed by atoms with E-state index >= 15 is 0 Å². The first-order valence-corrected chi connectivity index (χ1v) is 4.98. The molecule has 82 valence electrons. The highest BCUT2D eigenvalue weighted by molar-refractivity contribution is 5.82. The number of aliphatic hydroxyl groups is 1. The largest absolute Gasteiger partial charge is 0.463 e. The van der Waals surface area contributed by atoms with E-state index in [-0.39, 0.29) is 12.6 Å². The molecule has 0 aliphatic heterocycles. The van der Waals surface area contributed by atoms with Crippen LogP contribution in [0.1, 0.15) is 33.6 Å². The third-order valence-electron chi connectivity index (χ3n) is 1.88. The number of esters is 1. The van der Waals surface area contributed by atoms with Crippen molar-refractivity contribution in [1.82, 2.24) is 0 Å². The molecule has 0 heterocycles. The molecule has 0 aliphatic rings. The van der Waals surface area contributed by atoms with E-state index < -0.39 is 0 Å². The summed E-state index contributed by atoms with van der Waals surface area (Å²) in [6.45, 7) is 6.38. The van der Waals surface area contributed by atoms with E-state index in [9.17, 15) is 4.79 Å². The zero-order valence-corrected chi connectivity index (χ0v) is 9.25. The molecule has 0 fully saturated rings. The van der Waals surface area contributed by atoms with Gasteiger partial charge in [0.1, 0.15) is 0 Å². The maximum atomic E-state index is 11.0. The van der Waals surface area contributed by atoms with Gasteiger partial charge in [-0.25, -0.2) is 4.79 Å². The van der Waals surface area contributed by atoms with Gasteiger partial charge in [0, 0.05) is 12.7 Å². The van der Waals surface area contributed by atoms with Gasteiger partial charge in [0.25, 0.3) is 0 Å². The van der Waals surface area contributed by atoms with Crippen molar-refractivity contribution in [2.24, 2.45) is 5.92 Å². The quantitative estimate of drug-likeness (QED) is 0.526. The molecule has 0 saturated carbocycles. The lowest BCUT2D eigenvalue weighted by molar-refractivity contribution is -0.138. The summed E-state index contributed by atoms with van der Waals surface area (Å²) < 4.78 is 4.97. The summed E-state index contributed by atoms with van der Waals surface area (Å²) in [5.74, 6) is 0.126. The van der Waals surface area contributed by atoms with Crippen molar-refractivity contribution < 1.29 is 14.6 Å². The number of hydrogen-bond acceptors (Lipinski definition) is 3. The number of hydrogen-bond donors (Lipinski definition) is 1. The minimum Gasteiger partial charge on any atom is -0.463 e. The van der Waals surface area contributed by atoms with Gasteiger partial charge in [0.15, 0.2) is 0 Å². The Morgan fingerprint density at radius 1 is 1.43 bits per heavy atom. The van der Waals surface area contributed by atoms with Crippen molar-refractivity contribution in [1.29, 1.82) is 0 Å². The van der Waals surface area contributed by atoms with Gasteiger partial charge in [-0.05, 0) is 32.6 Å². The number of allylic oxidation sites excluding steroid dienone is 1. The second-order valence-electron chi connectivity index (χ2n) is 3.80. The second kappa shape index (κ2) is 7.56. The minimum absolute atomic E-state index is 0.198. The lowest BCUT2D eigenvalue weighted by Crippen LogP contribution is -2.07. The maximum Gasteiger partial charge on any atom is 0.330 e. The molecule has 1 N–H and O–H groups in total. The van der Waals surface area contributed by atoms with Crippen LogP contribution in [0.3, 0.4) is 0 Å². The summed E-state index contributed by atoms with van der Waals surface area (Å²) in [5.41, 5.74) is 0.943. The predicted molar refractivity (Wildman–Crippen MR) is 55.9 cm³/mol. The van der Waals surface area contributed by atoms with Crippen LogP contribution in [0.2, 0.25) is 0 Å². The molecule has 1 unspecified atom stereocenters. The standard InChI is InChI=1S/C11H20O3/c1-9(2)8-11(13)14-7-5-10(3)4-6-12/h8,10,12H,4-7H2,1-3H3. The Kier molecular flexibility index (Phi) is 7.11. The van der Waals surface area contributed by atoms with Gasteiger partial charge < -0.3 is 9.84 Å². The fraction of sp³-hybridized carbons (Fsp3) is 0.727. The molecule has 0 spiro atoms. The highest BCUT2D eigenvalue weighted by atomic mass is 16.5. The highest BCUT2D eigenvalue weighted by Crippen LogP contribution is 2.06. The van der Waals surface area contributed by atoms with E-state index in [4.69, 9.17) is 9.84 Å². The summed E-state index contributed by atoms with van der Waals surface area (Å²) in [4.78, 5) is 11.0. The van der Waals surface area contributed by atoms with E-state index in [0.717, 1.165) is 18.4 Å². The average molecular weight is 200 g/mol. The summed E-state index contributed by atoms with van der Waals surface area (Å²) in [5, 5.41) is 8.65. The summed E-state index contributed by atoms with van der Waals surface area (Å²) in [7, 11) is 0. The topological polar surface area (TPSA) is 46.5 Å². The molecule has 3 heteroatoms. The molecule has 0 rings (SSSR count). The van der Waals surface area contributed by atoms with Gasteiger partial charge in [-0.3, -0.25) is 0 Å². The molecule has 0 bridgehead atoms. The molecular formula is C11H20O3. The molecule has 0 aromatic carbocycles. The normalized spacial score (nSPS) is 12.0. The van der Waals surface area contributed by atoms with Crippen LogP contribution in [0, 0.1) is 5.92 Å². The number of carbonyl (C=O) groups is 1. The zero-order valence-electron chi connectivity index (χ0n) is 9.25. The monoisotopic (exact) mass is 200 g/mol. The fourth-order valence-electron chi connectivity index (χ4n) is 1.00. The Morgan fingerprint density at radius 3 is 2.57 bits per heavy atom. The average Bonchev–Trinajstić information content (AvgIpc) is 2.02. The van der Waals surface area contributed by atoms with Crippen LogP contribution in [0.15, 0.2) is 11.6 Å². The van der Waals surface area contributed by atoms with Gasteiger partial charge >= 0.3 is 5.97 Å². The van der Waals surface area contributed by atoms with Gasteiger partial charge in [0.2, 0.25) is 0 Å². The lowest BCUT2D eigenvalue weighted by Gasteiger charge is -2.08. The third kappa shape index (κ3) is 7.80. The number of carbonyl (C=O) groups excluding carboxylic acids is 1. The summed E-state index contributed by atoms with van der Waals surface area (Å²) in [6, 6.07) is 0. The molecule has 1 atom stereocenters.